The number of hydrogen-bond acceptors (Lipinski definition) is 4. The van der Waals surface area contributed by atoms with E-state index >= 15 is 0 Å². The van der Waals surface area contributed by atoms with Crippen LogP contribution in [0, 0.1) is 20.8 Å². The Balaban J connectivity index is 1.87. The highest BCUT2D eigenvalue weighted by Gasteiger charge is 2.33. The first-order valence-corrected chi connectivity index (χ1v) is 9.09. The van der Waals surface area contributed by atoms with Crippen LogP contribution in [0.15, 0.2) is 18.2 Å². The third kappa shape index (κ3) is 3.84. The van der Waals surface area contributed by atoms with Crippen molar-refractivity contribution in [1.82, 2.24) is 14.7 Å². The monoisotopic (exact) mass is 391 g/mol. The first-order chi connectivity index (χ1) is 12.8. The topological polar surface area (TPSA) is 84.7 Å². The molecule has 2 heterocycles. The maximum absolute atomic E-state index is 12.8. The van der Waals surface area contributed by atoms with Gasteiger partial charge in [0.25, 0.3) is 0 Å². The summed E-state index contributed by atoms with van der Waals surface area (Å²) in [4.78, 5) is 25.6. The van der Waals surface area contributed by atoms with Crippen LogP contribution in [0.25, 0.3) is 5.69 Å². The quantitative estimate of drug-likeness (QED) is 0.864. The van der Waals surface area contributed by atoms with Crippen molar-refractivity contribution in [2.45, 2.75) is 33.2 Å². The molecule has 1 amide bonds. The number of aromatic nitrogens is 2. The van der Waals surface area contributed by atoms with Crippen LogP contribution in [0.2, 0.25) is 5.02 Å². The molecule has 144 valence electrons. The molecular formula is C19H22ClN3O4. The smallest absolute Gasteiger partial charge is 0.328 e. The van der Waals surface area contributed by atoms with Gasteiger partial charge >= 0.3 is 5.97 Å². The maximum atomic E-state index is 12.8. The Morgan fingerprint density at radius 2 is 2.07 bits per heavy atom. The van der Waals surface area contributed by atoms with Crippen LogP contribution in [-0.2, 0) is 20.7 Å². The molecule has 1 aliphatic rings. The summed E-state index contributed by atoms with van der Waals surface area (Å²) in [7, 11) is 0. The standard InChI is InChI=1S/C19H22ClN3O4/c1-11-4-5-14(8-16(11)20)23-13(3)15(12(2)21-23)9-18(24)22-6-7-27-10-17(22)19(25)26/h4-5,8,17H,6-7,9-10H2,1-3H3,(H,25,26). The van der Waals surface area contributed by atoms with Crippen LogP contribution in [0.1, 0.15) is 22.5 Å². The van der Waals surface area contributed by atoms with Crippen molar-refractivity contribution in [3.8, 4) is 5.69 Å². The summed E-state index contributed by atoms with van der Waals surface area (Å²) >= 11 is 6.22. The molecule has 1 aliphatic heterocycles. The molecule has 3 rings (SSSR count). The van der Waals surface area contributed by atoms with E-state index in [4.69, 9.17) is 16.3 Å². The largest absolute Gasteiger partial charge is 0.480 e. The van der Waals surface area contributed by atoms with Gasteiger partial charge in [0.2, 0.25) is 5.91 Å². The molecule has 1 atom stereocenters. The number of carbonyl (C=O) groups is 2. The van der Waals surface area contributed by atoms with Crippen LogP contribution in [-0.4, -0.2) is 57.5 Å². The lowest BCUT2D eigenvalue weighted by atomic mass is 10.1. The number of carbonyl (C=O) groups excluding carboxylic acids is 1. The molecule has 27 heavy (non-hydrogen) atoms. The summed E-state index contributed by atoms with van der Waals surface area (Å²) in [5, 5.41) is 14.5. The third-order valence-electron chi connectivity index (χ3n) is 4.90. The third-order valence-corrected chi connectivity index (χ3v) is 5.31. The van der Waals surface area contributed by atoms with Crippen molar-refractivity contribution in [3.63, 3.8) is 0 Å². The summed E-state index contributed by atoms with van der Waals surface area (Å²) in [6.07, 6.45) is 0.0983. The van der Waals surface area contributed by atoms with Crippen molar-refractivity contribution >= 4 is 23.5 Å². The lowest BCUT2D eigenvalue weighted by Crippen LogP contribution is -2.53. The van der Waals surface area contributed by atoms with Crippen LogP contribution in [0.5, 0.6) is 0 Å². The van der Waals surface area contributed by atoms with Gasteiger partial charge in [-0.25, -0.2) is 9.48 Å². The summed E-state index contributed by atoms with van der Waals surface area (Å²) in [5.74, 6) is -1.29. The Morgan fingerprint density at radius 1 is 1.33 bits per heavy atom. The van der Waals surface area contributed by atoms with Crippen molar-refractivity contribution in [2.24, 2.45) is 0 Å². The highest BCUT2D eigenvalue weighted by molar-refractivity contribution is 6.31. The number of ether oxygens (including phenoxy) is 1. The minimum absolute atomic E-state index is 0.0141. The van der Waals surface area contributed by atoms with E-state index in [9.17, 15) is 14.7 Å². The Bertz CT molecular complexity index is 893. The Morgan fingerprint density at radius 3 is 2.74 bits per heavy atom. The minimum Gasteiger partial charge on any atom is -0.480 e. The molecule has 1 N–H and O–H groups in total. The average molecular weight is 392 g/mol. The number of aliphatic carboxylic acids is 1. The van der Waals surface area contributed by atoms with Gasteiger partial charge in [-0.05, 0) is 38.5 Å². The van der Waals surface area contributed by atoms with Gasteiger partial charge in [-0.3, -0.25) is 4.79 Å². The van der Waals surface area contributed by atoms with E-state index in [1.165, 1.54) is 4.90 Å². The molecule has 0 radical (unpaired) electrons. The van der Waals surface area contributed by atoms with Crippen molar-refractivity contribution < 1.29 is 19.4 Å². The molecule has 1 saturated heterocycles. The van der Waals surface area contributed by atoms with Gasteiger partial charge in [0, 0.05) is 22.8 Å². The van der Waals surface area contributed by atoms with E-state index in [0.29, 0.717) is 11.6 Å². The molecule has 1 fully saturated rings. The summed E-state index contributed by atoms with van der Waals surface area (Å²) in [6, 6.07) is 4.74. The van der Waals surface area contributed by atoms with E-state index in [1.807, 2.05) is 39.0 Å². The Labute approximate surface area is 162 Å². The number of benzene rings is 1. The van der Waals surface area contributed by atoms with Crippen molar-refractivity contribution in [1.29, 1.82) is 0 Å². The number of aryl methyl sites for hydroxylation is 2. The fourth-order valence-corrected chi connectivity index (χ4v) is 3.43. The van der Waals surface area contributed by atoms with E-state index in [2.05, 4.69) is 5.10 Å². The van der Waals surface area contributed by atoms with Gasteiger partial charge in [0.05, 0.1) is 31.0 Å². The predicted molar refractivity (Wildman–Crippen MR) is 100 cm³/mol. The molecule has 7 nitrogen and oxygen atoms in total. The average Bonchev–Trinajstić information content (AvgIpc) is 2.92. The number of hydrogen-bond donors (Lipinski definition) is 1. The minimum atomic E-state index is -1.05. The lowest BCUT2D eigenvalue weighted by Gasteiger charge is -2.33. The summed E-state index contributed by atoms with van der Waals surface area (Å²) < 4.78 is 6.96. The normalized spacial score (nSPS) is 17.2. The van der Waals surface area contributed by atoms with Gasteiger partial charge < -0.3 is 14.7 Å². The van der Waals surface area contributed by atoms with Crippen molar-refractivity contribution in [2.75, 3.05) is 19.8 Å². The Kier molecular flexibility index (Phi) is 5.53. The number of halogens is 1. The summed E-state index contributed by atoms with van der Waals surface area (Å²) in [5.41, 5.74) is 4.16. The van der Waals surface area contributed by atoms with Gasteiger partial charge in [-0.1, -0.05) is 17.7 Å². The van der Waals surface area contributed by atoms with Gasteiger partial charge in [0.1, 0.15) is 0 Å². The zero-order valence-electron chi connectivity index (χ0n) is 15.5. The number of morpholine rings is 1. The molecular weight excluding hydrogens is 370 g/mol. The Hall–Kier alpha value is -2.38. The number of rotatable bonds is 4. The SMILES string of the molecule is Cc1ccc(-n2nc(C)c(CC(=O)N3CCOCC3C(=O)O)c2C)cc1Cl. The molecule has 0 bridgehead atoms. The fourth-order valence-electron chi connectivity index (χ4n) is 3.26. The number of amides is 1. The van der Waals surface area contributed by atoms with E-state index in [1.54, 1.807) is 4.68 Å². The number of carboxylic acid groups (broad SMARTS) is 1. The second-order valence-electron chi connectivity index (χ2n) is 6.69. The zero-order chi connectivity index (χ0) is 19.7. The molecule has 1 aromatic carbocycles. The van der Waals surface area contributed by atoms with Crippen LogP contribution in [0.4, 0.5) is 0 Å². The van der Waals surface area contributed by atoms with Crippen molar-refractivity contribution in [3.05, 3.63) is 45.7 Å². The fraction of sp³-hybridized carbons (Fsp3) is 0.421. The zero-order valence-corrected chi connectivity index (χ0v) is 16.3. The van der Waals surface area contributed by atoms with Gasteiger partial charge in [-0.15, -0.1) is 0 Å². The lowest BCUT2D eigenvalue weighted by molar-refractivity contribution is -0.158. The van der Waals surface area contributed by atoms with Gasteiger partial charge in [0.15, 0.2) is 6.04 Å². The number of carboxylic acids is 1. The summed E-state index contributed by atoms with van der Waals surface area (Å²) in [6.45, 7) is 6.29. The predicted octanol–water partition coefficient (Wildman–Crippen LogP) is 2.31. The second kappa shape index (κ2) is 7.70. The molecule has 1 aromatic heterocycles. The number of nitrogens with zero attached hydrogens (tertiary/aromatic N) is 3. The second-order valence-corrected chi connectivity index (χ2v) is 7.09. The first-order valence-electron chi connectivity index (χ1n) is 8.71. The molecule has 1 unspecified atom stereocenters. The van der Waals surface area contributed by atoms with E-state index in [-0.39, 0.29) is 25.5 Å². The maximum Gasteiger partial charge on any atom is 0.328 e. The van der Waals surface area contributed by atoms with Crippen LogP contribution in [0.3, 0.4) is 0 Å². The van der Waals surface area contributed by atoms with Crippen LogP contribution < -0.4 is 0 Å². The molecule has 0 spiro atoms. The molecule has 0 aliphatic carbocycles. The molecule has 0 saturated carbocycles. The van der Waals surface area contributed by atoms with E-state index in [0.717, 1.165) is 28.2 Å². The highest BCUT2D eigenvalue weighted by atomic mass is 35.5. The highest BCUT2D eigenvalue weighted by Crippen LogP contribution is 2.23. The van der Waals surface area contributed by atoms with Gasteiger partial charge in [-0.2, -0.15) is 5.10 Å². The first kappa shape index (κ1) is 19.4. The molecule has 2 aromatic rings. The van der Waals surface area contributed by atoms with E-state index < -0.39 is 12.0 Å². The molecule has 8 heteroatoms. The van der Waals surface area contributed by atoms with Crippen LogP contribution >= 0.6 is 11.6 Å².